The maximum absolute atomic E-state index is 13.4. The lowest BCUT2D eigenvalue weighted by Crippen LogP contribution is -1.94. The summed E-state index contributed by atoms with van der Waals surface area (Å²) in [6.45, 7) is 0. The lowest BCUT2D eigenvalue weighted by molar-refractivity contribution is 0.628. The summed E-state index contributed by atoms with van der Waals surface area (Å²) in [6.07, 6.45) is 3.51. The molecule has 3 aromatic rings. The smallest absolute Gasteiger partial charge is 0.162 e. The van der Waals surface area contributed by atoms with Gasteiger partial charge in [-0.3, -0.25) is 4.68 Å². The van der Waals surface area contributed by atoms with Gasteiger partial charge in [0.25, 0.3) is 0 Å². The van der Waals surface area contributed by atoms with Gasteiger partial charge in [-0.05, 0) is 18.2 Å². The average molecular weight is 368 g/mol. The molecule has 0 N–H and O–H groups in total. The van der Waals surface area contributed by atoms with Gasteiger partial charge in [0.2, 0.25) is 0 Å². The van der Waals surface area contributed by atoms with Crippen molar-refractivity contribution in [3.05, 3.63) is 52.1 Å². The van der Waals surface area contributed by atoms with E-state index in [2.05, 4.69) is 31.0 Å². The van der Waals surface area contributed by atoms with E-state index in [1.807, 2.05) is 13.2 Å². The van der Waals surface area contributed by atoms with E-state index < -0.39 is 0 Å². The molecule has 0 aliphatic rings. The van der Waals surface area contributed by atoms with Crippen LogP contribution in [0.15, 0.2) is 41.1 Å². The van der Waals surface area contributed by atoms with Gasteiger partial charge in [0.15, 0.2) is 5.82 Å². The zero-order valence-electron chi connectivity index (χ0n) is 10.9. The number of aromatic nitrogens is 4. The fourth-order valence-electron chi connectivity index (χ4n) is 1.91. The van der Waals surface area contributed by atoms with E-state index in [-0.39, 0.29) is 11.0 Å². The van der Waals surface area contributed by atoms with Crippen molar-refractivity contribution in [2.45, 2.75) is 0 Å². The predicted molar refractivity (Wildman–Crippen MR) is 82.3 cm³/mol. The van der Waals surface area contributed by atoms with Gasteiger partial charge in [-0.15, -0.1) is 0 Å². The van der Waals surface area contributed by atoms with Crippen LogP contribution >= 0.6 is 27.5 Å². The lowest BCUT2D eigenvalue weighted by atomic mass is 10.2. The summed E-state index contributed by atoms with van der Waals surface area (Å²) in [7, 11) is 1.82. The maximum atomic E-state index is 13.4. The fourth-order valence-corrected chi connectivity index (χ4v) is 2.52. The molecule has 0 spiro atoms. The summed E-state index contributed by atoms with van der Waals surface area (Å²) >= 11 is 9.43. The topological polar surface area (TPSA) is 43.6 Å². The Morgan fingerprint density at radius 1 is 1.24 bits per heavy atom. The van der Waals surface area contributed by atoms with E-state index in [4.69, 9.17) is 11.6 Å². The minimum absolute atomic E-state index is 0.287. The number of benzene rings is 1. The van der Waals surface area contributed by atoms with Crippen molar-refractivity contribution in [2.75, 3.05) is 0 Å². The van der Waals surface area contributed by atoms with Gasteiger partial charge in [-0.1, -0.05) is 27.5 Å². The van der Waals surface area contributed by atoms with Crippen LogP contribution in [0.25, 0.3) is 22.6 Å². The van der Waals surface area contributed by atoms with E-state index in [9.17, 15) is 4.39 Å². The molecule has 2 heterocycles. The highest BCUT2D eigenvalue weighted by Crippen LogP contribution is 2.29. The summed E-state index contributed by atoms with van der Waals surface area (Å²) in [5.41, 5.74) is 1.99. The van der Waals surface area contributed by atoms with Crippen LogP contribution in [0, 0.1) is 5.82 Å². The third-order valence-electron chi connectivity index (χ3n) is 2.86. The molecule has 0 amide bonds. The molecule has 0 aliphatic heterocycles. The molecule has 4 nitrogen and oxygen atoms in total. The van der Waals surface area contributed by atoms with E-state index in [0.29, 0.717) is 21.6 Å². The maximum Gasteiger partial charge on any atom is 0.162 e. The monoisotopic (exact) mass is 366 g/mol. The normalized spacial score (nSPS) is 10.9. The molecule has 21 heavy (non-hydrogen) atoms. The zero-order chi connectivity index (χ0) is 15.0. The van der Waals surface area contributed by atoms with Crippen LogP contribution < -0.4 is 0 Å². The molecular formula is C14H9BrClFN4. The van der Waals surface area contributed by atoms with E-state index >= 15 is 0 Å². The first-order valence-corrected chi connectivity index (χ1v) is 7.19. The van der Waals surface area contributed by atoms with Crippen LogP contribution in [0.4, 0.5) is 4.39 Å². The molecule has 0 radical (unpaired) electrons. The molecule has 7 heteroatoms. The minimum atomic E-state index is -0.361. The van der Waals surface area contributed by atoms with Crippen LogP contribution in [-0.2, 0) is 7.05 Å². The fraction of sp³-hybridized carbons (Fsp3) is 0.0714. The SMILES string of the molecule is Cn1cc(-c2cc(Cl)nc(-c3cc(F)ccc3Br)n2)cn1. The first-order chi connectivity index (χ1) is 10.0. The Labute approximate surface area is 133 Å². The standard InChI is InChI=1S/C14H9BrClFN4/c1-21-7-8(6-18-21)12-5-13(16)20-14(19-12)10-4-9(17)2-3-11(10)15/h2-7H,1H3. The second-order valence-electron chi connectivity index (χ2n) is 4.43. The van der Waals surface area contributed by atoms with Crippen molar-refractivity contribution in [2.24, 2.45) is 7.05 Å². The first-order valence-electron chi connectivity index (χ1n) is 6.02. The Hall–Kier alpha value is -1.79. The van der Waals surface area contributed by atoms with Gasteiger partial charge < -0.3 is 0 Å². The van der Waals surface area contributed by atoms with Gasteiger partial charge in [-0.2, -0.15) is 5.10 Å². The van der Waals surface area contributed by atoms with Gasteiger partial charge in [0.1, 0.15) is 11.0 Å². The Balaban J connectivity index is 2.16. The second kappa shape index (κ2) is 5.54. The highest BCUT2D eigenvalue weighted by Gasteiger charge is 2.12. The average Bonchev–Trinajstić information content (AvgIpc) is 2.87. The summed E-state index contributed by atoms with van der Waals surface area (Å²) in [4.78, 5) is 8.61. The van der Waals surface area contributed by atoms with Crippen LogP contribution in [0.3, 0.4) is 0 Å². The minimum Gasteiger partial charge on any atom is -0.275 e. The molecule has 0 fully saturated rings. The molecule has 0 saturated heterocycles. The van der Waals surface area contributed by atoms with Crippen molar-refractivity contribution < 1.29 is 4.39 Å². The second-order valence-corrected chi connectivity index (χ2v) is 5.67. The van der Waals surface area contributed by atoms with Crippen LogP contribution in [0.1, 0.15) is 0 Å². The first kappa shape index (κ1) is 14.2. The van der Waals surface area contributed by atoms with Crippen molar-refractivity contribution in [1.82, 2.24) is 19.7 Å². The van der Waals surface area contributed by atoms with Crippen molar-refractivity contribution in [3.63, 3.8) is 0 Å². The van der Waals surface area contributed by atoms with Crippen molar-refractivity contribution in [3.8, 4) is 22.6 Å². The number of hydrogen-bond acceptors (Lipinski definition) is 3. The molecule has 0 saturated carbocycles. The summed E-state index contributed by atoms with van der Waals surface area (Å²) in [6, 6.07) is 5.98. The zero-order valence-corrected chi connectivity index (χ0v) is 13.2. The third-order valence-corrected chi connectivity index (χ3v) is 3.75. The molecular weight excluding hydrogens is 359 g/mol. The quantitative estimate of drug-likeness (QED) is 0.641. The Morgan fingerprint density at radius 3 is 2.76 bits per heavy atom. The van der Waals surface area contributed by atoms with Gasteiger partial charge in [-0.25, -0.2) is 14.4 Å². The molecule has 0 bridgehead atoms. The van der Waals surface area contributed by atoms with Gasteiger partial charge in [0.05, 0.1) is 11.9 Å². The van der Waals surface area contributed by atoms with E-state index in [0.717, 1.165) is 5.56 Å². The molecule has 3 rings (SSSR count). The summed E-state index contributed by atoms with van der Waals surface area (Å²) < 4.78 is 15.8. The number of nitrogens with zero attached hydrogens (tertiary/aromatic N) is 4. The van der Waals surface area contributed by atoms with Crippen molar-refractivity contribution >= 4 is 27.5 Å². The molecule has 0 aliphatic carbocycles. The van der Waals surface area contributed by atoms with Crippen LogP contribution in [0.2, 0.25) is 5.15 Å². The lowest BCUT2D eigenvalue weighted by Gasteiger charge is -2.06. The highest BCUT2D eigenvalue weighted by atomic mass is 79.9. The molecule has 0 unspecified atom stereocenters. The predicted octanol–water partition coefficient (Wildman–Crippen LogP) is 4.10. The van der Waals surface area contributed by atoms with E-state index in [1.54, 1.807) is 23.0 Å². The number of halogens is 3. The number of aryl methyl sites for hydroxylation is 1. The van der Waals surface area contributed by atoms with E-state index in [1.165, 1.54) is 12.1 Å². The van der Waals surface area contributed by atoms with Crippen LogP contribution in [-0.4, -0.2) is 19.7 Å². The van der Waals surface area contributed by atoms with Crippen molar-refractivity contribution in [1.29, 1.82) is 0 Å². The summed E-state index contributed by atoms with van der Waals surface area (Å²) in [5.74, 6) is -0.00701. The molecule has 2 aromatic heterocycles. The van der Waals surface area contributed by atoms with Gasteiger partial charge >= 0.3 is 0 Å². The number of rotatable bonds is 2. The largest absolute Gasteiger partial charge is 0.275 e. The molecule has 1 aromatic carbocycles. The Bertz CT molecular complexity index is 818. The number of hydrogen-bond donors (Lipinski definition) is 0. The molecule has 106 valence electrons. The van der Waals surface area contributed by atoms with Gasteiger partial charge in [0, 0.05) is 34.9 Å². The summed E-state index contributed by atoms with van der Waals surface area (Å²) in [5, 5.41) is 4.39. The molecule has 0 atom stereocenters. The Morgan fingerprint density at radius 2 is 2.05 bits per heavy atom. The van der Waals surface area contributed by atoms with Crippen LogP contribution in [0.5, 0.6) is 0 Å². The Kier molecular flexibility index (Phi) is 3.73. The third kappa shape index (κ3) is 2.96. The highest BCUT2D eigenvalue weighted by molar-refractivity contribution is 9.10.